The summed E-state index contributed by atoms with van der Waals surface area (Å²) < 4.78 is 23.9. The first-order valence-corrected chi connectivity index (χ1v) is 11.4. The molecule has 1 atom stereocenters. The highest BCUT2D eigenvalue weighted by atomic mass is 32.2. The first-order valence-electron chi connectivity index (χ1n) is 9.59. The number of rotatable bonds is 5. The van der Waals surface area contributed by atoms with Crippen LogP contribution in [0.5, 0.6) is 0 Å². The molecule has 1 amide bonds. The van der Waals surface area contributed by atoms with E-state index in [2.05, 4.69) is 4.98 Å². The number of fused-ring (bicyclic) bond motifs is 1. The fourth-order valence-corrected chi connectivity index (χ4v) is 5.35. The van der Waals surface area contributed by atoms with Gasteiger partial charge >= 0.3 is 0 Å². The first-order chi connectivity index (χ1) is 14.0. The lowest BCUT2D eigenvalue weighted by Crippen LogP contribution is -2.39. The molecule has 0 saturated carbocycles. The molecule has 148 valence electrons. The zero-order valence-corrected chi connectivity index (χ0v) is 16.8. The van der Waals surface area contributed by atoms with Gasteiger partial charge in [-0.25, -0.2) is 13.4 Å². The van der Waals surface area contributed by atoms with Crippen LogP contribution in [0.1, 0.15) is 17.7 Å². The molecular weight excluding hydrogens is 384 g/mol. The van der Waals surface area contributed by atoms with Gasteiger partial charge in [0.2, 0.25) is 5.91 Å². The molecule has 2 aromatic carbocycles. The Morgan fingerprint density at radius 1 is 1.03 bits per heavy atom. The minimum absolute atomic E-state index is 0.0215. The number of sulfone groups is 1. The monoisotopic (exact) mass is 406 g/mol. The second kappa shape index (κ2) is 8.17. The Kier molecular flexibility index (Phi) is 5.45. The van der Waals surface area contributed by atoms with Crippen molar-refractivity contribution < 1.29 is 13.2 Å². The summed E-state index contributed by atoms with van der Waals surface area (Å²) in [5.74, 6) is -0.0503. The predicted molar refractivity (Wildman–Crippen MR) is 115 cm³/mol. The average molecular weight is 407 g/mol. The van der Waals surface area contributed by atoms with Gasteiger partial charge in [0.05, 0.1) is 22.7 Å². The van der Waals surface area contributed by atoms with E-state index in [1.807, 2.05) is 66.7 Å². The average Bonchev–Trinajstić information content (AvgIpc) is 3.10. The summed E-state index contributed by atoms with van der Waals surface area (Å²) in [7, 11) is -3.09. The van der Waals surface area contributed by atoms with Crippen molar-refractivity contribution in [1.29, 1.82) is 0 Å². The van der Waals surface area contributed by atoms with E-state index >= 15 is 0 Å². The van der Waals surface area contributed by atoms with Gasteiger partial charge in [0.15, 0.2) is 9.84 Å². The third-order valence-electron chi connectivity index (χ3n) is 5.14. The maximum absolute atomic E-state index is 13.0. The van der Waals surface area contributed by atoms with Crippen LogP contribution in [0.25, 0.3) is 17.0 Å². The molecule has 1 aliphatic rings. The minimum Gasteiger partial charge on any atom is -0.331 e. The van der Waals surface area contributed by atoms with E-state index < -0.39 is 9.84 Å². The van der Waals surface area contributed by atoms with Crippen LogP contribution < -0.4 is 0 Å². The molecule has 0 spiro atoms. The number of carbonyl (C=O) groups is 1. The number of pyridine rings is 1. The molecule has 0 N–H and O–H groups in total. The van der Waals surface area contributed by atoms with Crippen molar-refractivity contribution in [1.82, 2.24) is 9.88 Å². The summed E-state index contributed by atoms with van der Waals surface area (Å²) in [5.41, 5.74) is 2.53. The van der Waals surface area contributed by atoms with E-state index in [9.17, 15) is 13.2 Å². The van der Waals surface area contributed by atoms with Gasteiger partial charge in [-0.3, -0.25) is 4.79 Å². The SMILES string of the molecule is O=C(/C=C/c1ccc2ccccc2n1)N(Cc1ccccc1)C1CCS(=O)(=O)C1. The highest BCUT2D eigenvalue weighted by Gasteiger charge is 2.34. The Morgan fingerprint density at radius 3 is 2.55 bits per heavy atom. The third-order valence-corrected chi connectivity index (χ3v) is 6.89. The number of hydrogen-bond donors (Lipinski definition) is 0. The predicted octanol–water partition coefficient (Wildman–Crippen LogP) is 3.46. The maximum atomic E-state index is 13.0. The van der Waals surface area contributed by atoms with Crippen molar-refractivity contribution in [3.63, 3.8) is 0 Å². The quantitative estimate of drug-likeness (QED) is 0.609. The molecule has 1 unspecified atom stereocenters. The van der Waals surface area contributed by atoms with Crippen LogP contribution in [-0.2, 0) is 21.2 Å². The van der Waals surface area contributed by atoms with Gasteiger partial charge in [-0.15, -0.1) is 0 Å². The Balaban J connectivity index is 1.57. The van der Waals surface area contributed by atoms with Crippen LogP contribution in [0.2, 0.25) is 0 Å². The lowest BCUT2D eigenvalue weighted by Gasteiger charge is -2.27. The van der Waals surface area contributed by atoms with Crippen molar-refractivity contribution in [2.45, 2.75) is 19.0 Å². The Labute approximate surface area is 170 Å². The Morgan fingerprint density at radius 2 is 1.79 bits per heavy atom. The number of hydrogen-bond acceptors (Lipinski definition) is 4. The summed E-state index contributed by atoms with van der Waals surface area (Å²) in [4.78, 5) is 19.2. The molecule has 3 aromatic rings. The molecule has 29 heavy (non-hydrogen) atoms. The summed E-state index contributed by atoms with van der Waals surface area (Å²) in [5, 5.41) is 1.04. The molecule has 1 saturated heterocycles. The van der Waals surface area contributed by atoms with Crippen molar-refractivity contribution in [2.75, 3.05) is 11.5 Å². The van der Waals surface area contributed by atoms with Crippen molar-refractivity contribution in [2.24, 2.45) is 0 Å². The Hall–Kier alpha value is -2.99. The van der Waals surface area contributed by atoms with Gasteiger partial charge < -0.3 is 4.90 Å². The van der Waals surface area contributed by atoms with Crippen molar-refractivity contribution >= 4 is 32.7 Å². The molecule has 1 aliphatic heterocycles. The summed E-state index contributed by atoms with van der Waals surface area (Å²) in [6.07, 6.45) is 3.66. The topological polar surface area (TPSA) is 67.3 Å². The molecule has 0 radical (unpaired) electrons. The first kappa shape index (κ1) is 19.3. The molecule has 2 heterocycles. The van der Waals surface area contributed by atoms with Crippen molar-refractivity contribution in [3.8, 4) is 0 Å². The van der Waals surface area contributed by atoms with E-state index in [0.717, 1.165) is 16.5 Å². The van der Waals surface area contributed by atoms with Gasteiger partial charge in [0.25, 0.3) is 0 Å². The van der Waals surface area contributed by atoms with E-state index in [4.69, 9.17) is 0 Å². The lowest BCUT2D eigenvalue weighted by atomic mass is 10.1. The normalized spacial score (nSPS) is 18.3. The van der Waals surface area contributed by atoms with Crippen molar-refractivity contribution in [3.05, 3.63) is 84.1 Å². The van der Waals surface area contributed by atoms with Gasteiger partial charge in [0.1, 0.15) is 0 Å². The van der Waals surface area contributed by atoms with E-state index in [0.29, 0.717) is 18.7 Å². The van der Waals surface area contributed by atoms with Gasteiger partial charge in [-0.2, -0.15) is 0 Å². The van der Waals surface area contributed by atoms with Gasteiger partial charge in [-0.1, -0.05) is 54.6 Å². The number of amides is 1. The van der Waals surface area contributed by atoms with Crippen LogP contribution in [0.3, 0.4) is 0 Å². The lowest BCUT2D eigenvalue weighted by molar-refractivity contribution is -0.128. The summed E-state index contributed by atoms with van der Waals surface area (Å²) in [6, 6.07) is 21.0. The standard InChI is InChI=1S/C23H22N2O3S/c26-23(13-12-20-11-10-19-8-4-5-9-22(19)24-20)25(16-18-6-2-1-3-7-18)21-14-15-29(27,28)17-21/h1-13,21H,14-17H2/b13-12+. The highest BCUT2D eigenvalue weighted by molar-refractivity contribution is 7.91. The van der Waals surface area contributed by atoms with E-state index in [1.54, 1.807) is 11.0 Å². The summed E-state index contributed by atoms with van der Waals surface area (Å²) in [6.45, 7) is 0.384. The van der Waals surface area contributed by atoms with Gasteiger partial charge in [-0.05, 0) is 30.2 Å². The highest BCUT2D eigenvalue weighted by Crippen LogP contribution is 2.21. The van der Waals surface area contributed by atoms with Gasteiger partial charge in [0, 0.05) is 24.0 Å². The van der Waals surface area contributed by atoms with Crippen LogP contribution in [0, 0.1) is 0 Å². The minimum atomic E-state index is -3.09. The number of nitrogens with zero attached hydrogens (tertiary/aromatic N) is 2. The summed E-state index contributed by atoms with van der Waals surface area (Å²) >= 11 is 0. The number of para-hydroxylation sites is 1. The fraction of sp³-hybridized carbons (Fsp3) is 0.217. The molecule has 4 rings (SSSR count). The Bertz CT molecular complexity index is 1160. The molecule has 0 bridgehead atoms. The molecule has 1 fully saturated rings. The zero-order chi connectivity index (χ0) is 20.3. The smallest absolute Gasteiger partial charge is 0.247 e. The van der Waals surface area contributed by atoms with E-state index in [-0.39, 0.29) is 23.5 Å². The third kappa shape index (κ3) is 4.71. The zero-order valence-electron chi connectivity index (χ0n) is 15.9. The van der Waals surface area contributed by atoms with Crippen LogP contribution in [0.15, 0.2) is 72.8 Å². The fourth-order valence-electron chi connectivity index (χ4n) is 3.62. The molecule has 6 heteroatoms. The van der Waals surface area contributed by atoms with Crippen LogP contribution >= 0.6 is 0 Å². The second-order valence-corrected chi connectivity index (χ2v) is 9.50. The molecule has 1 aromatic heterocycles. The molecular formula is C23H22N2O3S. The number of benzene rings is 2. The number of carbonyl (C=O) groups excluding carboxylic acids is 1. The second-order valence-electron chi connectivity index (χ2n) is 7.27. The van der Waals surface area contributed by atoms with E-state index in [1.165, 1.54) is 6.08 Å². The van der Waals surface area contributed by atoms with Crippen LogP contribution in [0.4, 0.5) is 0 Å². The molecule has 0 aliphatic carbocycles. The maximum Gasteiger partial charge on any atom is 0.247 e. The number of aromatic nitrogens is 1. The van der Waals surface area contributed by atoms with Crippen LogP contribution in [-0.4, -0.2) is 41.8 Å². The largest absolute Gasteiger partial charge is 0.331 e. The molecule has 5 nitrogen and oxygen atoms in total.